The average Bonchev–Trinajstić information content (AvgIpc) is 2.36. The zero-order valence-electron chi connectivity index (χ0n) is 14.4. The van der Waals surface area contributed by atoms with Gasteiger partial charge in [0.25, 0.3) is 0 Å². The number of allylic oxidation sites excluding steroid dienone is 9. The Morgan fingerprint density at radius 2 is 1.86 bits per heavy atom. The molecule has 0 bridgehead atoms. The van der Waals surface area contributed by atoms with Gasteiger partial charge >= 0.3 is 5.97 Å². The summed E-state index contributed by atoms with van der Waals surface area (Å²) in [5, 5.41) is 8.65. The first kappa shape index (κ1) is 18.2. The summed E-state index contributed by atoms with van der Waals surface area (Å²) in [5.74, 6) is -0.912. The largest absolute Gasteiger partial charge is 0.478 e. The fourth-order valence-corrected chi connectivity index (χ4v) is 2.88. The highest BCUT2D eigenvalue weighted by atomic mass is 16.4. The molecule has 120 valence electrons. The minimum atomic E-state index is -0.912. The van der Waals surface area contributed by atoms with Gasteiger partial charge in [0.2, 0.25) is 0 Å². The lowest BCUT2D eigenvalue weighted by Gasteiger charge is -2.32. The molecule has 1 rings (SSSR count). The van der Waals surface area contributed by atoms with Gasteiger partial charge in [-0.25, -0.2) is 4.79 Å². The van der Waals surface area contributed by atoms with E-state index in [2.05, 4.69) is 39.8 Å². The van der Waals surface area contributed by atoms with Gasteiger partial charge in [0.05, 0.1) is 0 Å². The van der Waals surface area contributed by atoms with Crippen LogP contribution in [0.2, 0.25) is 0 Å². The Morgan fingerprint density at radius 3 is 2.45 bits per heavy atom. The van der Waals surface area contributed by atoms with Crippen LogP contribution in [0.15, 0.2) is 58.7 Å². The molecule has 0 radical (unpaired) electrons. The Kier molecular flexibility index (Phi) is 6.61. The first-order valence-electron chi connectivity index (χ1n) is 7.87. The summed E-state index contributed by atoms with van der Waals surface area (Å²) in [6, 6.07) is 0. The van der Waals surface area contributed by atoms with Gasteiger partial charge in [-0.1, -0.05) is 55.4 Å². The molecule has 1 N–H and O–H groups in total. The molecule has 0 aromatic heterocycles. The van der Waals surface area contributed by atoms with E-state index in [0.29, 0.717) is 0 Å². The fourth-order valence-electron chi connectivity index (χ4n) is 2.88. The van der Waals surface area contributed by atoms with Crippen molar-refractivity contribution in [3.8, 4) is 0 Å². The number of hydrogen-bond donors (Lipinski definition) is 1. The van der Waals surface area contributed by atoms with Crippen LogP contribution in [-0.2, 0) is 4.79 Å². The summed E-state index contributed by atoms with van der Waals surface area (Å²) in [7, 11) is 0. The van der Waals surface area contributed by atoms with Crippen LogP contribution in [0.1, 0.15) is 53.9 Å². The minimum Gasteiger partial charge on any atom is -0.478 e. The smallest absolute Gasteiger partial charge is 0.328 e. The molecule has 0 unspecified atom stereocenters. The Labute approximate surface area is 134 Å². The SMILES string of the molecule is CC1=C(C=C/C(C)=C/C=C/C(C)=C/C(=O)O)C(C)(C)CCC1. The van der Waals surface area contributed by atoms with Crippen molar-refractivity contribution in [3.05, 3.63) is 58.7 Å². The maximum Gasteiger partial charge on any atom is 0.328 e. The van der Waals surface area contributed by atoms with Gasteiger partial charge in [0.15, 0.2) is 0 Å². The molecule has 2 nitrogen and oxygen atoms in total. The third kappa shape index (κ3) is 5.88. The number of carboxylic acid groups (broad SMARTS) is 1. The van der Waals surface area contributed by atoms with Crippen LogP contribution in [0, 0.1) is 5.41 Å². The molecule has 0 atom stereocenters. The molecule has 1 aliphatic carbocycles. The second kappa shape index (κ2) is 7.98. The number of carbonyl (C=O) groups is 1. The molecular formula is C20H28O2. The van der Waals surface area contributed by atoms with Crippen LogP contribution in [0.25, 0.3) is 0 Å². The van der Waals surface area contributed by atoms with Crippen molar-refractivity contribution >= 4 is 5.97 Å². The summed E-state index contributed by atoms with van der Waals surface area (Å²) >= 11 is 0. The van der Waals surface area contributed by atoms with Crippen molar-refractivity contribution in [1.82, 2.24) is 0 Å². The Hall–Kier alpha value is -1.83. The van der Waals surface area contributed by atoms with E-state index in [1.807, 2.05) is 12.2 Å². The van der Waals surface area contributed by atoms with Crippen LogP contribution in [0.5, 0.6) is 0 Å². The van der Waals surface area contributed by atoms with E-state index in [1.165, 1.54) is 36.5 Å². The second-order valence-corrected chi connectivity index (χ2v) is 6.76. The van der Waals surface area contributed by atoms with E-state index in [9.17, 15) is 4.79 Å². The highest BCUT2D eigenvalue weighted by molar-refractivity contribution is 5.81. The Morgan fingerprint density at radius 1 is 1.18 bits per heavy atom. The average molecular weight is 300 g/mol. The predicted octanol–water partition coefficient (Wildman–Crippen LogP) is 5.60. The molecule has 0 aliphatic heterocycles. The quantitative estimate of drug-likeness (QED) is 0.530. The third-order valence-corrected chi connectivity index (χ3v) is 4.12. The molecule has 0 heterocycles. The lowest BCUT2D eigenvalue weighted by atomic mass is 9.72. The summed E-state index contributed by atoms with van der Waals surface area (Å²) in [6.45, 7) is 10.7. The van der Waals surface area contributed by atoms with Crippen LogP contribution in [0.3, 0.4) is 0 Å². The summed E-state index contributed by atoms with van der Waals surface area (Å²) in [6.07, 6.45) is 15.0. The van der Waals surface area contributed by atoms with Crippen molar-refractivity contribution < 1.29 is 9.90 Å². The zero-order valence-corrected chi connectivity index (χ0v) is 14.4. The van der Waals surface area contributed by atoms with E-state index in [1.54, 1.807) is 13.0 Å². The molecule has 2 heteroatoms. The first-order chi connectivity index (χ1) is 10.2. The molecular weight excluding hydrogens is 272 g/mol. The maximum atomic E-state index is 10.5. The van der Waals surface area contributed by atoms with Crippen molar-refractivity contribution in [2.75, 3.05) is 0 Å². The van der Waals surface area contributed by atoms with Crippen molar-refractivity contribution in [1.29, 1.82) is 0 Å². The standard InChI is InChI=1S/C20H28O2/c1-15(8-6-9-16(2)14-19(21)22)11-12-18-17(3)10-7-13-20(18,4)5/h6,8-9,11-12,14H,7,10,13H2,1-5H3,(H,21,22)/b9-6+,12-11?,15-8+,16-14+. The predicted molar refractivity (Wildman–Crippen MR) is 93.8 cm³/mol. The normalized spacial score (nSPS) is 20.2. The number of rotatable bonds is 5. The molecule has 22 heavy (non-hydrogen) atoms. The molecule has 0 saturated heterocycles. The van der Waals surface area contributed by atoms with Crippen LogP contribution < -0.4 is 0 Å². The minimum absolute atomic E-state index is 0.260. The molecule has 0 spiro atoms. The molecule has 0 amide bonds. The van der Waals surface area contributed by atoms with E-state index in [-0.39, 0.29) is 5.41 Å². The Balaban J connectivity index is 2.79. The highest BCUT2D eigenvalue weighted by Crippen LogP contribution is 2.40. The van der Waals surface area contributed by atoms with E-state index in [4.69, 9.17) is 5.11 Å². The van der Waals surface area contributed by atoms with Crippen LogP contribution in [0.4, 0.5) is 0 Å². The van der Waals surface area contributed by atoms with E-state index >= 15 is 0 Å². The highest BCUT2D eigenvalue weighted by Gasteiger charge is 2.26. The second-order valence-electron chi connectivity index (χ2n) is 6.76. The lowest BCUT2D eigenvalue weighted by Crippen LogP contribution is -2.19. The molecule has 0 aromatic carbocycles. The van der Waals surface area contributed by atoms with Gasteiger partial charge < -0.3 is 5.11 Å². The first-order valence-corrected chi connectivity index (χ1v) is 7.87. The Bertz CT molecular complexity index is 567. The van der Waals surface area contributed by atoms with Gasteiger partial charge in [-0.3, -0.25) is 0 Å². The van der Waals surface area contributed by atoms with Gasteiger partial charge in [-0.15, -0.1) is 0 Å². The topological polar surface area (TPSA) is 37.3 Å². The van der Waals surface area contributed by atoms with Crippen molar-refractivity contribution in [2.24, 2.45) is 5.41 Å². The number of hydrogen-bond acceptors (Lipinski definition) is 1. The summed E-state index contributed by atoms with van der Waals surface area (Å²) < 4.78 is 0. The van der Waals surface area contributed by atoms with E-state index < -0.39 is 5.97 Å². The monoisotopic (exact) mass is 300 g/mol. The molecule has 0 fully saturated rings. The van der Waals surface area contributed by atoms with Gasteiger partial charge in [0, 0.05) is 6.08 Å². The number of aliphatic carboxylic acids is 1. The van der Waals surface area contributed by atoms with Gasteiger partial charge in [0.1, 0.15) is 0 Å². The molecule has 0 saturated carbocycles. The van der Waals surface area contributed by atoms with Crippen molar-refractivity contribution in [3.63, 3.8) is 0 Å². The summed E-state index contributed by atoms with van der Waals surface area (Å²) in [4.78, 5) is 10.5. The molecule has 1 aliphatic rings. The fraction of sp³-hybridized carbons (Fsp3) is 0.450. The zero-order chi connectivity index (χ0) is 16.8. The van der Waals surface area contributed by atoms with Crippen LogP contribution in [-0.4, -0.2) is 11.1 Å². The van der Waals surface area contributed by atoms with Gasteiger partial charge in [-0.05, 0) is 56.6 Å². The maximum absolute atomic E-state index is 10.5. The van der Waals surface area contributed by atoms with E-state index in [0.717, 1.165) is 11.1 Å². The van der Waals surface area contributed by atoms with Crippen molar-refractivity contribution in [2.45, 2.75) is 53.9 Å². The van der Waals surface area contributed by atoms with Gasteiger partial charge in [-0.2, -0.15) is 0 Å². The third-order valence-electron chi connectivity index (χ3n) is 4.12. The summed E-state index contributed by atoms with van der Waals surface area (Å²) in [5.41, 5.74) is 5.09. The van der Waals surface area contributed by atoms with Crippen LogP contribution >= 0.6 is 0 Å². The molecule has 0 aromatic rings. The lowest BCUT2D eigenvalue weighted by molar-refractivity contribution is -0.131. The number of carboxylic acids is 1.